The Bertz CT molecular complexity index is 1040. The summed E-state index contributed by atoms with van der Waals surface area (Å²) in [5, 5.41) is 14.2. The molecule has 0 bridgehead atoms. The van der Waals surface area contributed by atoms with E-state index in [0.717, 1.165) is 53.5 Å². The Balaban J connectivity index is 1.56. The molecule has 0 atom stereocenters. The molecule has 0 saturated heterocycles. The van der Waals surface area contributed by atoms with E-state index in [2.05, 4.69) is 20.1 Å². The number of rotatable bonds is 4. The van der Waals surface area contributed by atoms with Gasteiger partial charge in [-0.25, -0.2) is 0 Å². The second kappa shape index (κ2) is 8.29. The zero-order valence-electron chi connectivity index (χ0n) is 15.6. The molecule has 0 saturated carbocycles. The fourth-order valence-electron chi connectivity index (χ4n) is 3.35. The lowest BCUT2D eigenvalue weighted by Crippen LogP contribution is -2.08. The summed E-state index contributed by atoms with van der Waals surface area (Å²) in [5.41, 5.74) is 2.64. The molecule has 1 amide bonds. The maximum atomic E-state index is 12.3. The van der Waals surface area contributed by atoms with Crippen molar-refractivity contribution in [3.8, 4) is 11.4 Å². The number of carbonyl (C=O) groups excluding carboxylic acids is 1. The number of fused-ring (bicyclic) bond motifs is 1. The Labute approximate surface area is 173 Å². The van der Waals surface area contributed by atoms with Gasteiger partial charge >= 0.3 is 0 Å². The first-order valence-corrected chi connectivity index (χ1v) is 10.6. The summed E-state index contributed by atoms with van der Waals surface area (Å²) in [6, 6.07) is 7.49. The standard InChI is InChI=1S/C21H21ClN4OS/c1-14-10-12-28-18(14)8-9-20(27)23-15-6-7-17(22)16(13-15)21-25-24-19-5-3-2-4-11-26(19)21/h6-10,12-13H,2-5,11H2,1H3,(H,23,27)/b9-8+. The zero-order chi connectivity index (χ0) is 19.5. The highest BCUT2D eigenvalue weighted by Crippen LogP contribution is 2.31. The van der Waals surface area contributed by atoms with Crippen molar-refractivity contribution in [1.82, 2.24) is 14.8 Å². The number of aromatic nitrogens is 3. The second-order valence-corrected chi connectivity index (χ2v) is 8.24. The Hall–Kier alpha value is -2.44. The van der Waals surface area contributed by atoms with Crippen LogP contribution in [-0.2, 0) is 17.8 Å². The van der Waals surface area contributed by atoms with Crippen molar-refractivity contribution in [3.63, 3.8) is 0 Å². The fourth-order valence-corrected chi connectivity index (χ4v) is 4.37. The number of nitrogens with zero attached hydrogens (tertiary/aromatic N) is 3. The highest BCUT2D eigenvalue weighted by atomic mass is 35.5. The molecule has 1 aliphatic heterocycles. The quantitative estimate of drug-likeness (QED) is 0.588. The number of carbonyl (C=O) groups is 1. The maximum Gasteiger partial charge on any atom is 0.248 e. The van der Waals surface area contributed by atoms with Gasteiger partial charge in [-0.3, -0.25) is 4.79 Å². The third-order valence-corrected chi connectivity index (χ3v) is 6.19. The molecule has 0 spiro atoms. The van der Waals surface area contributed by atoms with Crippen LogP contribution in [0.15, 0.2) is 35.7 Å². The Morgan fingerprint density at radius 1 is 1.25 bits per heavy atom. The van der Waals surface area contributed by atoms with Gasteiger partial charge in [0.05, 0.1) is 5.02 Å². The number of thiophene rings is 1. The van der Waals surface area contributed by atoms with Crippen molar-refractivity contribution < 1.29 is 4.79 Å². The topological polar surface area (TPSA) is 59.8 Å². The summed E-state index contributed by atoms with van der Waals surface area (Å²) in [4.78, 5) is 13.4. The molecule has 0 radical (unpaired) electrons. The summed E-state index contributed by atoms with van der Waals surface area (Å²) < 4.78 is 2.15. The molecule has 3 heterocycles. The van der Waals surface area contributed by atoms with Crippen molar-refractivity contribution in [2.24, 2.45) is 0 Å². The molecule has 4 rings (SSSR count). The summed E-state index contributed by atoms with van der Waals surface area (Å²) >= 11 is 8.06. The fraction of sp³-hybridized carbons (Fsp3) is 0.286. The minimum Gasteiger partial charge on any atom is -0.322 e. The molecule has 1 N–H and O–H groups in total. The average Bonchev–Trinajstić information content (AvgIpc) is 3.20. The van der Waals surface area contributed by atoms with Gasteiger partial charge in [-0.15, -0.1) is 21.5 Å². The van der Waals surface area contributed by atoms with Crippen molar-refractivity contribution in [3.05, 3.63) is 57.0 Å². The molecule has 0 aliphatic carbocycles. The molecule has 2 aromatic heterocycles. The molecular weight excluding hydrogens is 392 g/mol. The van der Waals surface area contributed by atoms with Crippen LogP contribution in [0.2, 0.25) is 5.02 Å². The van der Waals surface area contributed by atoms with Crippen LogP contribution in [0.4, 0.5) is 5.69 Å². The molecule has 7 heteroatoms. The van der Waals surface area contributed by atoms with E-state index in [1.807, 2.05) is 30.5 Å². The summed E-state index contributed by atoms with van der Waals surface area (Å²) in [6.07, 6.45) is 7.77. The molecule has 0 unspecified atom stereocenters. The van der Waals surface area contributed by atoms with Gasteiger partial charge in [0, 0.05) is 35.2 Å². The molecule has 144 valence electrons. The van der Waals surface area contributed by atoms with Gasteiger partial charge in [-0.05, 0) is 61.1 Å². The van der Waals surface area contributed by atoms with Crippen LogP contribution in [0.3, 0.4) is 0 Å². The predicted molar refractivity (Wildman–Crippen MR) is 115 cm³/mol. The van der Waals surface area contributed by atoms with E-state index in [-0.39, 0.29) is 5.91 Å². The molecule has 1 aromatic carbocycles. The largest absolute Gasteiger partial charge is 0.322 e. The Morgan fingerprint density at radius 2 is 2.14 bits per heavy atom. The van der Waals surface area contributed by atoms with Gasteiger partial charge < -0.3 is 9.88 Å². The monoisotopic (exact) mass is 412 g/mol. The number of hydrogen-bond acceptors (Lipinski definition) is 4. The van der Waals surface area contributed by atoms with Crippen molar-refractivity contribution in [2.45, 2.75) is 39.2 Å². The predicted octanol–water partition coefficient (Wildman–Crippen LogP) is 5.35. The van der Waals surface area contributed by atoms with Gasteiger partial charge in [0.1, 0.15) is 5.82 Å². The Kier molecular flexibility index (Phi) is 5.59. The van der Waals surface area contributed by atoms with Crippen molar-refractivity contribution in [1.29, 1.82) is 0 Å². The minimum atomic E-state index is -0.179. The number of aryl methyl sites for hydroxylation is 2. The first-order valence-electron chi connectivity index (χ1n) is 9.37. The highest BCUT2D eigenvalue weighted by molar-refractivity contribution is 7.11. The average molecular weight is 413 g/mol. The first kappa shape index (κ1) is 18.9. The van der Waals surface area contributed by atoms with Crippen LogP contribution in [0.5, 0.6) is 0 Å². The van der Waals surface area contributed by atoms with Crippen LogP contribution < -0.4 is 5.32 Å². The van der Waals surface area contributed by atoms with Crippen LogP contribution in [0, 0.1) is 6.92 Å². The van der Waals surface area contributed by atoms with Gasteiger partial charge in [0.15, 0.2) is 5.82 Å². The van der Waals surface area contributed by atoms with Gasteiger partial charge in [0.2, 0.25) is 5.91 Å². The summed E-state index contributed by atoms with van der Waals surface area (Å²) in [6.45, 7) is 2.93. The molecule has 3 aromatic rings. The van der Waals surface area contributed by atoms with E-state index >= 15 is 0 Å². The summed E-state index contributed by atoms with van der Waals surface area (Å²) in [7, 11) is 0. The number of nitrogens with one attached hydrogen (secondary N) is 1. The van der Waals surface area contributed by atoms with Crippen LogP contribution >= 0.6 is 22.9 Å². The molecule has 0 fully saturated rings. The van der Waals surface area contributed by atoms with Crippen LogP contribution in [0.25, 0.3) is 17.5 Å². The lowest BCUT2D eigenvalue weighted by atomic mass is 10.1. The lowest BCUT2D eigenvalue weighted by Gasteiger charge is -2.10. The molecule has 1 aliphatic rings. The van der Waals surface area contributed by atoms with Crippen LogP contribution in [-0.4, -0.2) is 20.7 Å². The van der Waals surface area contributed by atoms with Crippen LogP contribution in [0.1, 0.15) is 35.5 Å². The molecule has 5 nitrogen and oxygen atoms in total. The maximum absolute atomic E-state index is 12.3. The van der Waals surface area contributed by atoms with Crippen molar-refractivity contribution >= 4 is 40.6 Å². The number of benzene rings is 1. The smallest absolute Gasteiger partial charge is 0.248 e. The van der Waals surface area contributed by atoms with Gasteiger partial charge in [-0.2, -0.15) is 0 Å². The third-order valence-electron chi connectivity index (χ3n) is 4.87. The van der Waals surface area contributed by atoms with E-state index in [4.69, 9.17) is 11.6 Å². The SMILES string of the molecule is Cc1ccsc1/C=C/C(=O)Nc1ccc(Cl)c(-c2nnc3n2CCCCC3)c1. The lowest BCUT2D eigenvalue weighted by molar-refractivity contribution is -0.111. The number of amides is 1. The normalized spacial score (nSPS) is 14.1. The highest BCUT2D eigenvalue weighted by Gasteiger charge is 2.18. The third kappa shape index (κ3) is 4.03. The van der Waals surface area contributed by atoms with E-state index in [0.29, 0.717) is 10.7 Å². The van der Waals surface area contributed by atoms with E-state index in [1.165, 1.54) is 6.42 Å². The van der Waals surface area contributed by atoms with E-state index < -0.39 is 0 Å². The van der Waals surface area contributed by atoms with Gasteiger partial charge in [-0.1, -0.05) is 18.0 Å². The van der Waals surface area contributed by atoms with E-state index in [9.17, 15) is 4.79 Å². The minimum absolute atomic E-state index is 0.179. The van der Waals surface area contributed by atoms with E-state index in [1.54, 1.807) is 29.5 Å². The van der Waals surface area contributed by atoms with Crippen molar-refractivity contribution in [2.75, 3.05) is 5.32 Å². The molecular formula is C21H21ClN4OS. The number of anilines is 1. The second-order valence-electron chi connectivity index (χ2n) is 6.89. The van der Waals surface area contributed by atoms with Gasteiger partial charge in [0.25, 0.3) is 0 Å². The first-order chi connectivity index (χ1) is 13.6. The number of halogens is 1. The number of hydrogen-bond donors (Lipinski definition) is 1. The Morgan fingerprint density at radius 3 is 2.96 bits per heavy atom. The zero-order valence-corrected chi connectivity index (χ0v) is 17.2. The summed E-state index contributed by atoms with van der Waals surface area (Å²) in [5.74, 6) is 1.59. The molecule has 28 heavy (non-hydrogen) atoms.